The number of nitrogens with zero attached hydrogens (tertiary/aromatic N) is 3. The van der Waals surface area contributed by atoms with E-state index in [4.69, 9.17) is 4.42 Å². The number of oxazole rings is 1. The number of nitrogens with one attached hydrogen (secondary N) is 1. The van der Waals surface area contributed by atoms with E-state index in [9.17, 15) is 4.79 Å². The van der Waals surface area contributed by atoms with E-state index in [1.807, 2.05) is 24.9 Å². The first-order valence-corrected chi connectivity index (χ1v) is 8.36. The summed E-state index contributed by atoms with van der Waals surface area (Å²) in [7, 11) is 0. The van der Waals surface area contributed by atoms with Gasteiger partial charge in [0, 0.05) is 30.6 Å². The molecule has 0 bridgehead atoms. The molecule has 6 nitrogen and oxygen atoms in total. The summed E-state index contributed by atoms with van der Waals surface area (Å²) in [5.41, 5.74) is 2.88. The van der Waals surface area contributed by atoms with Crippen LogP contribution >= 0.6 is 0 Å². The number of carbonyl (C=O) groups excluding carboxylic acids is 1. The number of carbonyl (C=O) groups is 1. The lowest BCUT2D eigenvalue weighted by molar-refractivity contribution is 0.0697. The molecule has 1 amide bonds. The number of aromatic nitrogens is 3. The average molecular weight is 316 g/mol. The van der Waals surface area contributed by atoms with Crippen LogP contribution in [0.15, 0.2) is 17.0 Å². The molecule has 1 unspecified atom stereocenters. The number of H-pyrrole nitrogens is 1. The van der Waals surface area contributed by atoms with Crippen molar-refractivity contribution in [1.29, 1.82) is 0 Å². The van der Waals surface area contributed by atoms with Gasteiger partial charge in [-0.25, -0.2) is 4.98 Å². The summed E-state index contributed by atoms with van der Waals surface area (Å²) >= 11 is 0. The van der Waals surface area contributed by atoms with Gasteiger partial charge >= 0.3 is 0 Å². The van der Waals surface area contributed by atoms with E-state index in [1.54, 1.807) is 0 Å². The Morgan fingerprint density at radius 3 is 3.09 bits per heavy atom. The second-order valence-corrected chi connectivity index (χ2v) is 6.47. The average Bonchev–Trinajstić information content (AvgIpc) is 3.23. The molecule has 1 aliphatic heterocycles. The number of rotatable bonds is 4. The Bertz CT molecular complexity index is 674. The molecule has 1 fully saturated rings. The first-order valence-electron chi connectivity index (χ1n) is 8.36. The van der Waals surface area contributed by atoms with Gasteiger partial charge < -0.3 is 9.32 Å². The van der Waals surface area contributed by atoms with Gasteiger partial charge in [0.15, 0.2) is 12.1 Å². The molecular formula is C17H24N4O2. The zero-order valence-electron chi connectivity index (χ0n) is 14.0. The fraction of sp³-hybridized carbons (Fsp3) is 0.588. The van der Waals surface area contributed by atoms with Gasteiger partial charge in [0.05, 0.1) is 6.20 Å². The fourth-order valence-corrected chi connectivity index (χ4v) is 3.33. The number of amides is 1. The summed E-state index contributed by atoms with van der Waals surface area (Å²) in [4.78, 5) is 18.9. The van der Waals surface area contributed by atoms with Gasteiger partial charge in [-0.05, 0) is 24.8 Å². The molecule has 0 aromatic carbocycles. The first-order chi connectivity index (χ1) is 11.1. The molecule has 1 aliphatic rings. The fourth-order valence-electron chi connectivity index (χ4n) is 3.33. The van der Waals surface area contributed by atoms with E-state index in [0.29, 0.717) is 23.9 Å². The van der Waals surface area contributed by atoms with E-state index in [2.05, 4.69) is 22.1 Å². The molecule has 1 N–H and O–H groups in total. The molecule has 2 aromatic rings. The van der Waals surface area contributed by atoms with Gasteiger partial charge in [-0.15, -0.1) is 0 Å². The van der Waals surface area contributed by atoms with Crippen LogP contribution in [0, 0.1) is 0 Å². The number of hydrogen-bond acceptors (Lipinski definition) is 4. The third kappa shape index (κ3) is 3.02. The molecular weight excluding hydrogens is 292 g/mol. The van der Waals surface area contributed by atoms with E-state index < -0.39 is 0 Å². The van der Waals surface area contributed by atoms with Crippen LogP contribution in [0.4, 0.5) is 0 Å². The van der Waals surface area contributed by atoms with Crippen molar-refractivity contribution in [3.05, 3.63) is 35.3 Å². The minimum Gasteiger partial charge on any atom is -0.447 e. The number of aryl methyl sites for hydroxylation is 1. The smallest absolute Gasteiger partial charge is 0.276 e. The van der Waals surface area contributed by atoms with Crippen molar-refractivity contribution in [3.8, 4) is 0 Å². The Balaban J connectivity index is 1.78. The number of aromatic amines is 1. The maximum Gasteiger partial charge on any atom is 0.276 e. The monoisotopic (exact) mass is 316 g/mol. The lowest BCUT2D eigenvalue weighted by Crippen LogP contribution is -2.40. The SMILES string of the molecule is CCc1cn[nH]c1C1CCCN(C(=O)c2ncoc2C(C)C)C1. The van der Waals surface area contributed by atoms with Crippen LogP contribution in [0.5, 0.6) is 0 Å². The highest BCUT2D eigenvalue weighted by Gasteiger charge is 2.30. The lowest BCUT2D eigenvalue weighted by atomic mass is 9.91. The standard InChI is InChI=1S/C17H24N4O2/c1-4-12-8-19-20-14(12)13-6-5-7-21(9-13)17(22)15-16(11(2)3)23-10-18-15/h8,10-11,13H,4-7,9H2,1-3H3,(H,19,20). The van der Waals surface area contributed by atoms with Gasteiger partial charge in [-0.1, -0.05) is 20.8 Å². The molecule has 124 valence electrons. The number of likely N-dealkylation sites (tertiary alicyclic amines) is 1. The minimum absolute atomic E-state index is 0.0234. The second-order valence-electron chi connectivity index (χ2n) is 6.47. The van der Waals surface area contributed by atoms with Crippen LogP contribution in [0.2, 0.25) is 0 Å². The van der Waals surface area contributed by atoms with Gasteiger partial charge in [0.1, 0.15) is 5.76 Å². The van der Waals surface area contributed by atoms with Crippen LogP contribution in [0.25, 0.3) is 0 Å². The Morgan fingerprint density at radius 1 is 1.52 bits per heavy atom. The molecule has 1 atom stereocenters. The molecule has 6 heteroatoms. The molecule has 2 aromatic heterocycles. The van der Waals surface area contributed by atoms with Gasteiger partial charge in [-0.3, -0.25) is 9.89 Å². The van der Waals surface area contributed by atoms with Crippen LogP contribution in [0.3, 0.4) is 0 Å². The van der Waals surface area contributed by atoms with Gasteiger partial charge in [0.25, 0.3) is 5.91 Å². The zero-order valence-corrected chi connectivity index (χ0v) is 14.0. The van der Waals surface area contributed by atoms with Crippen LogP contribution in [-0.4, -0.2) is 39.1 Å². The van der Waals surface area contributed by atoms with Crippen molar-refractivity contribution in [3.63, 3.8) is 0 Å². The van der Waals surface area contributed by atoms with Crippen LogP contribution < -0.4 is 0 Å². The molecule has 0 saturated carbocycles. The normalized spacial score (nSPS) is 18.6. The van der Waals surface area contributed by atoms with Crippen molar-refractivity contribution in [2.75, 3.05) is 13.1 Å². The summed E-state index contributed by atoms with van der Waals surface area (Å²) in [6.07, 6.45) is 6.29. The molecule has 0 aliphatic carbocycles. The minimum atomic E-state index is -0.0234. The Hall–Kier alpha value is -2.11. The topological polar surface area (TPSA) is 75.0 Å². The zero-order chi connectivity index (χ0) is 16.4. The third-order valence-electron chi connectivity index (χ3n) is 4.57. The summed E-state index contributed by atoms with van der Waals surface area (Å²) in [5.74, 6) is 1.12. The van der Waals surface area contributed by atoms with Crippen molar-refractivity contribution in [2.24, 2.45) is 0 Å². The van der Waals surface area contributed by atoms with Crippen molar-refractivity contribution < 1.29 is 9.21 Å². The van der Waals surface area contributed by atoms with Crippen molar-refractivity contribution >= 4 is 5.91 Å². The molecule has 0 spiro atoms. The highest BCUT2D eigenvalue weighted by molar-refractivity contribution is 5.93. The van der Waals surface area contributed by atoms with Crippen LogP contribution in [0.1, 0.15) is 73.0 Å². The third-order valence-corrected chi connectivity index (χ3v) is 4.57. The van der Waals surface area contributed by atoms with E-state index in [0.717, 1.165) is 25.8 Å². The lowest BCUT2D eigenvalue weighted by Gasteiger charge is -2.32. The quantitative estimate of drug-likeness (QED) is 0.940. The highest BCUT2D eigenvalue weighted by atomic mass is 16.3. The Labute approximate surface area is 136 Å². The molecule has 1 saturated heterocycles. The van der Waals surface area contributed by atoms with E-state index in [1.165, 1.54) is 17.7 Å². The van der Waals surface area contributed by atoms with Crippen molar-refractivity contribution in [1.82, 2.24) is 20.1 Å². The molecule has 3 heterocycles. The molecule has 3 rings (SSSR count). The van der Waals surface area contributed by atoms with Gasteiger partial charge in [0.2, 0.25) is 0 Å². The van der Waals surface area contributed by atoms with Crippen LogP contribution in [-0.2, 0) is 6.42 Å². The predicted octanol–water partition coefficient (Wildman–Crippen LogP) is 3.10. The van der Waals surface area contributed by atoms with Crippen molar-refractivity contribution in [2.45, 2.75) is 51.9 Å². The molecule has 0 radical (unpaired) electrons. The van der Waals surface area contributed by atoms with E-state index >= 15 is 0 Å². The van der Waals surface area contributed by atoms with Gasteiger partial charge in [-0.2, -0.15) is 5.10 Å². The summed E-state index contributed by atoms with van der Waals surface area (Å²) in [5, 5.41) is 7.30. The Kier molecular flexibility index (Phi) is 4.50. The predicted molar refractivity (Wildman–Crippen MR) is 86.4 cm³/mol. The maximum atomic E-state index is 12.8. The highest BCUT2D eigenvalue weighted by Crippen LogP contribution is 2.29. The second kappa shape index (κ2) is 6.56. The summed E-state index contributed by atoms with van der Waals surface area (Å²) in [6.45, 7) is 7.63. The first kappa shape index (κ1) is 15.8. The summed E-state index contributed by atoms with van der Waals surface area (Å²) in [6, 6.07) is 0. The summed E-state index contributed by atoms with van der Waals surface area (Å²) < 4.78 is 5.40. The van der Waals surface area contributed by atoms with E-state index in [-0.39, 0.29) is 11.8 Å². The number of hydrogen-bond donors (Lipinski definition) is 1. The maximum absolute atomic E-state index is 12.8. The number of piperidine rings is 1. The Morgan fingerprint density at radius 2 is 2.35 bits per heavy atom. The molecule has 23 heavy (non-hydrogen) atoms. The largest absolute Gasteiger partial charge is 0.447 e.